The van der Waals surface area contributed by atoms with Gasteiger partial charge in [-0.25, -0.2) is 8.42 Å². The van der Waals surface area contributed by atoms with Gasteiger partial charge in [0.1, 0.15) is 12.6 Å². The number of nitrogens with one attached hydrogen (secondary N) is 1. The van der Waals surface area contributed by atoms with Gasteiger partial charge in [-0.1, -0.05) is 126 Å². The maximum absolute atomic E-state index is 14.8. The Morgan fingerprint density at radius 1 is 0.796 bits per heavy atom. The van der Waals surface area contributed by atoms with Gasteiger partial charge >= 0.3 is 0 Å². The normalized spacial score (nSPS) is 14.2. The molecule has 1 aliphatic carbocycles. The zero-order chi connectivity index (χ0) is 35.1. The zero-order valence-corrected chi connectivity index (χ0v) is 30.8. The smallest absolute Gasteiger partial charge is 0.264 e. The zero-order valence-electron chi connectivity index (χ0n) is 26.9. The van der Waals surface area contributed by atoms with E-state index in [4.69, 9.17) is 46.4 Å². The summed E-state index contributed by atoms with van der Waals surface area (Å²) in [5.41, 5.74) is 2.12. The molecule has 4 aromatic rings. The molecule has 12 heteroatoms. The fourth-order valence-corrected chi connectivity index (χ4v) is 8.38. The van der Waals surface area contributed by atoms with E-state index < -0.39 is 28.5 Å². The molecule has 2 amide bonds. The van der Waals surface area contributed by atoms with Crippen LogP contribution in [-0.4, -0.2) is 43.8 Å². The lowest BCUT2D eigenvalue weighted by Crippen LogP contribution is -2.55. The molecule has 1 N–H and O–H groups in total. The first-order valence-electron chi connectivity index (χ1n) is 16.1. The number of rotatable bonds is 12. The van der Waals surface area contributed by atoms with Crippen LogP contribution in [-0.2, 0) is 32.6 Å². The molecule has 1 aliphatic rings. The van der Waals surface area contributed by atoms with Crippen LogP contribution in [0.15, 0.2) is 95.9 Å². The van der Waals surface area contributed by atoms with E-state index >= 15 is 0 Å². The number of aryl methyl sites for hydroxylation is 1. The molecule has 5 rings (SSSR count). The Morgan fingerprint density at radius 3 is 2.06 bits per heavy atom. The lowest BCUT2D eigenvalue weighted by Gasteiger charge is -2.35. The number of amides is 2. The number of sulfonamides is 1. The Bertz CT molecular complexity index is 1870. The highest BCUT2D eigenvalue weighted by Gasteiger charge is 2.36. The number of nitrogens with zero attached hydrogens (tertiary/aromatic N) is 2. The molecule has 49 heavy (non-hydrogen) atoms. The molecule has 4 aromatic carbocycles. The van der Waals surface area contributed by atoms with Gasteiger partial charge < -0.3 is 10.2 Å². The largest absolute Gasteiger partial charge is 0.352 e. The highest BCUT2D eigenvalue weighted by molar-refractivity contribution is 7.92. The molecular weight excluding hydrogens is 724 g/mol. The predicted molar refractivity (Wildman–Crippen MR) is 198 cm³/mol. The van der Waals surface area contributed by atoms with Crippen molar-refractivity contribution in [3.05, 3.63) is 128 Å². The van der Waals surface area contributed by atoms with Crippen molar-refractivity contribution in [2.45, 2.75) is 69.0 Å². The van der Waals surface area contributed by atoms with Crippen molar-refractivity contribution in [1.29, 1.82) is 0 Å². The van der Waals surface area contributed by atoms with E-state index in [-0.39, 0.29) is 45.5 Å². The number of carbonyl (C=O) groups excluding carboxylic acids is 2. The third-order valence-electron chi connectivity index (χ3n) is 8.70. The predicted octanol–water partition coefficient (Wildman–Crippen LogP) is 8.89. The number of carbonyl (C=O) groups is 2. The molecule has 0 heterocycles. The molecular formula is C37H37Cl4N3O4S. The lowest BCUT2D eigenvalue weighted by atomic mass is 9.94. The quantitative estimate of drug-likeness (QED) is 0.156. The topological polar surface area (TPSA) is 86.8 Å². The van der Waals surface area contributed by atoms with Crippen molar-refractivity contribution in [2.75, 3.05) is 10.8 Å². The number of benzene rings is 4. The van der Waals surface area contributed by atoms with Crippen LogP contribution in [0.5, 0.6) is 0 Å². The first kappa shape index (κ1) is 37.0. The van der Waals surface area contributed by atoms with Gasteiger partial charge in [-0.2, -0.15) is 0 Å². The van der Waals surface area contributed by atoms with Crippen LogP contribution in [0.25, 0.3) is 0 Å². The SMILES string of the molecule is Cc1ccc(S(=O)(=O)N(CC(=O)N(Cc2c(Cl)cccc2Cl)[C@H](Cc2ccccc2)C(=O)NC2CCCCC2)c2cccc(Cl)c2Cl)cc1. The summed E-state index contributed by atoms with van der Waals surface area (Å²) in [7, 11) is -4.37. The van der Waals surface area contributed by atoms with Gasteiger partial charge in [0.05, 0.1) is 20.6 Å². The summed E-state index contributed by atoms with van der Waals surface area (Å²) in [5.74, 6) is -1.01. The van der Waals surface area contributed by atoms with E-state index in [9.17, 15) is 18.0 Å². The summed E-state index contributed by atoms with van der Waals surface area (Å²) in [5, 5.41) is 3.87. The standard InChI is InChI=1S/C37H37Cl4N3O4S/c1-25-18-20-28(21-19-25)49(47,48)44(33-17-9-16-32(40)36(33)41)24-35(45)43(23-29-30(38)14-8-15-31(29)39)34(22-26-10-4-2-5-11-26)37(46)42-27-12-6-3-7-13-27/h2,4-5,8-11,14-21,27,34H,3,6-7,12-13,22-24H2,1H3,(H,42,46)/t34-/m1/s1. The van der Waals surface area contributed by atoms with E-state index in [1.54, 1.807) is 36.4 Å². The van der Waals surface area contributed by atoms with Gasteiger partial charge in [0.2, 0.25) is 11.8 Å². The molecule has 0 aromatic heterocycles. The molecule has 1 saturated carbocycles. The molecule has 0 radical (unpaired) electrons. The minimum absolute atomic E-state index is 0.0186. The monoisotopic (exact) mass is 759 g/mol. The first-order chi connectivity index (χ1) is 23.5. The van der Waals surface area contributed by atoms with E-state index in [1.807, 2.05) is 37.3 Å². The van der Waals surface area contributed by atoms with Crippen LogP contribution < -0.4 is 9.62 Å². The van der Waals surface area contributed by atoms with Crippen molar-refractivity contribution < 1.29 is 18.0 Å². The van der Waals surface area contributed by atoms with Gasteiger partial charge in [0.25, 0.3) is 10.0 Å². The maximum atomic E-state index is 14.8. The molecule has 0 bridgehead atoms. The Kier molecular flexibility index (Phi) is 12.6. The van der Waals surface area contributed by atoms with E-state index in [1.165, 1.54) is 29.2 Å². The highest BCUT2D eigenvalue weighted by atomic mass is 35.5. The van der Waals surface area contributed by atoms with Gasteiger partial charge in [0, 0.05) is 34.6 Å². The van der Waals surface area contributed by atoms with E-state index in [2.05, 4.69) is 5.32 Å². The number of hydrogen-bond donors (Lipinski definition) is 1. The molecule has 0 saturated heterocycles. The van der Waals surface area contributed by atoms with Crippen molar-refractivity contribution in [1.82, 2.24) is 10.2 Å². The second-order valence-corrected chi connectivity index (χ2v) is 15.6. The molecule has 0 aliphatic heterocycles. The third-order valence-corrected chi connectivity index (χ3v) is 12.0. The molecule has 1 atom stereocenters. The minimum Gasteiger partial charge on any atom is -0.352 e. The Balaban J connectivity index is 1.61. The Morgan fingerprint density at radius 2 is 1.41 bits per heavy atom. The van der Waals surface area contributed by atoms with Crippen molar-refractivity contribution in [2.24, 2.45) is 0 Å². The van der Waals surface area contributed by atoms with Crippen LogP contribution in [0.2, 0.25) is 20.1 Å². The van der Waals surface area contributed by atoms with Crippen molar-refractivity contribution in [3.63, 3.8) is 0 Å². The average molecular weight is 762 g/mol. The van der Waals surface area contributed by atoms with Crippen molar-refractivity contribution >= 4 is 73.9 Å². The van der Waals surface area contributed by atoms with Crippen LogP contribution in [0, 0.1) is 6.92 Å². The van der Waals surface area contributed by atoms with Gasteiger partial charge in [-0.15, -0.1) is 0 Å². The summed E-state index contributed by atoms with van der Waals surface area (Å²) >= 11 is 26.2. The molecule has 0 unspecified atom stereocenters. The van der Waals surface area contributed by atoms with Gasteiger partial charge in [-0.05, 0) is 61.7 Å². The fourth-order valence-electron chi connectivity index (χ4n) is 5.99. The molecule has 7 nitrogen and oxygen atoms in total. The third kappa shape index (κ3) is 9.10. The summed E-state index contributed by atoms with van der Waals surface area (Å²) in [6, 6.07) is 24.1. The van der Waals surface area contributed by atoms with Crippen LogP contribution in [0.3, 0.4) is 0 Å². The summed E-state index contributed by atoms with van der Waals surface area (Å²) < 4.78 is 29.6. The molecule has 258 valence electrons. The first-order valence-corrected chi connectivity index (χ1v) is 19.0. The van der Waals surface area contributed by atoms with Gasteiger partial charge in [0.15, 0.2) is 0 Å². The maximum Gasteiger partial charge on any atom is 0.264 e. The summed E-state index contributed by atoms with van der Waals surface area (Å²) in [6.45, 7) is 0.990. The summed E-state index contributed by atoms with van der Waals surface area (Å²) in [6.07, 6.45) is 4.94. The Labute approximate surface area is 308 Å². The number of halogens is 4. The molecule has 1 fully saturated rings. The second kappa shape index (κ2) is 16.6. The summed E-state index contributed by atoms with van der Waals surface area (Å²) in [4.78, 5) is 30.4. The van der Waals surface area contributed by atoms with Crippen LogP contribution in [0.1, 0.15) is 48.8 Å². The van der Waals surface area contributed by atoms with E-state index in [0.717, 1.165) is 47.5 Å². The second-order valence-electron chi connectivity index (χ2n) is 12.2. The fraction of sp³-hybridized carbons (Fsp3) is 0.297. The highest BCUT2D eigenvalue weighted by Crippen LogP contribution is 2.36. The Hall–Kier alpha value is -3.27. The van der Waals surface area contributed by atoms with Gasteiger partial charge in [-0.3, -0.25) is 13.9 Å². The van der Waals surface area contributed by atoms with Crippen LogP contribution in [0.4, 0.5) is 5.69 Å². The minimum atomic E-state index is -4.37. The van der Waals surface area contributed by atoms with E-state index in [0.29, 0.717) is 15.6 Å². The average Bonchev–Trinajstić information content (AvgIpc) is 3.08. The van der Waals surface area contributed by atoms with Crippen molar-refractivity contribution in [3.8, 4) is 0 Å². The number of hydrogen-bond acceptors (Lipinski definition) is 4. The molecule has 0 spiro atoms. The number of anilines is 1. The lowest BCUT2D eigenvalue weighted by molar-refractivity contribution is -0.140. The van der Waals surface area contributed by atoms with Crippen LogP contribution >= 0.6 is 46.4 Å².